The van der Waals surface area contributed by atoms with Gasteiger partial charge in [0.15, 0.2) is 23.3 Å². The number of alkyl halides is 3. The molecule has 3 N–H and O–H groups in total. The molecule has 6 nitrogen and oxygen atoms in total. The van der Waals surface area contributed by atoms with Crippen molar-refractivity contribution in [2.24, 2.45) is 5.73 Å². The topological polar surface area (TPSA) is 70.8 Å². The van der Waals surface area contributed by atoms with Crippen LogP contribution in [0, 0.1) is 23.3 Å². The number of rotatable bonds is 6. The second kappa shape index (κ2) is 15.1. The van der Waals surface area contributed by atoms with E-state index in [4.69, 9.17) is 10.5 Å². The van der Waals surface area contributed by atoms with Crippen molar-refractivity contribution in [2.45, 2.75) is 47.8 Å². The van der Waals surface area contributed by atoms with Crippen molar-refractivity contribution in [2.75, 3.05) is 53.6 Å². The number of halogens is 7. The lowest BCUT2D eigenvalue weighted by atomic mass is 9.82. The van der Waals surface area contributed by atoms with Gasteiger partial charge in [0.2, 0.25) is 0 Å². The molecule has 0 aliphatic carbocycles. The normalized spacial score (nSPS) is 22.1. The molecular formula is C34H39F7N4O2S. The summed E-state index contributed by atoms with van der Waals surface area (Å²) < 4.78 is 98.6. The van der Waals surface area contributed by atoms with E-state index >= 15 is 0 Å². The minimum absolute atomic E-state index is 0.0387. The molecule has 262 valence electrons. The number of methoxy groups -OCH3 is 1. The summed E-state index contributed by atoms with van der Waals surface area (Å²) in [5.74, 6) is -4.56. The highest BCUT2D eigenvalue weighted by Gasteiger charge is 2.40. The smallest absolute Gasteiger partial charge is 0.416 e. The predicted molar refractivity (Wildman–Crippen MR) is 171 cm³/mol. The van der Waals surface area contributed by atoms with Crippen LogP contribution in [-0.4, -0.2) is 69.3 Å². The second-order valence-corrected chi connectivity index (χ2v) is 13.2. The molecule has 0 bridgehead atoms. The number of thioether (sulfide) groups is 1. The van der Waals surface area contributed by atoms with Gasteiger partial charge in [-0.25, -0.2) is 17.6 Å². The molecule has 2 aliphatic rings. The fraction of sp³-hybridized carbons (Fsp3) is 0.441. The number of nitrogens with zero attached hydrogens (tertiary/aromatic N) is 2. The summed E-state index contributed by atoms with van der Waals surface area (Å²) in [4.78, 5) is 17.6. The predicted octanol–water partition coefficient (Wildman–Crippen LogP) is 6.91. The minimum Gasteiger partial charge on any atom is -0.496 e. The number of carbonyl (C=O) groups excluding carboxylic acids is 1. The Morgan fingerprint density at radius 1 is 0.854 bits per heavy atom. The van der Waals surface area contributed by atoms with Gasteiger partial charge < -0.3 is 25.6 Å². The molecule has 2 fully saturated rings. The molecule has 0 spiro atoms. The van der Waals surface area contributed by atoms with Crippen molar-refractivity contribution in [1.82, 2.24) is 15.1 Å². The Morgan fingerprint density at radius 3 is 1.94 bits per heavy atom. The van der Waals surface area contributed by atoms with Gasteiger partial charge in [0.1, 0.15) is 5.75 Å². The summed E-state index contributed by atoms with van der Waals surface area (Å²) in [6, 6.07) is 9.09. The van der Waals surface area contributed by atoms with Crippen LogP contribution in [0.3, 0.4) is 0 Å². The summed E-state index contributed by atoms with van der Waals surface area (Å²) in [5, 5.41) is 2.91. The lowest BCUT2D eigenvalue weighted by Gasteiger charge is -2.42. The third-order valence-electron chi connectivity index (χ3n) is 8.78. The standard InChI is InChI=1S/C22H23F5N2O2S.C12H16F2N2/c1-29-8-4-7-21(12-29,13-5-6-15(23)16(24)9-13)28-20(30)19-17(31-2)10-14(22(25,26)27)11-18(19)32-3;1-16-6-2-5-12(15,8-16)9-3-4-10(13)11(14)7-9/h5-6,9-11H,4,7-8,12H2,1-3H3,(H,28,30);3-4,7H,2,5-6,8,15H2,1H3. The zero-order valence-electron chi connectivity index (χ0n) is 27.1. The van der Waals surface area contributed by atoms with Crippen molar-refractivity contribution in [3.05, 3.63) is 94.1 Å². The van der Waals surface area contributed by atoms with Crippen LogP contribution in [0.4, 0.5) is 30.7 Å². The van der Waals surface area contributed by atoms with Crippen molar-refractivity contribution >= 4 is 17.7 Å². The second-order valence-electron chi connectivity index (χ2n) is 12.4. The van der Waals surface area contributed by atoms with Crippen LogP contribution in [0.1, 0.15) is 52.7 Å². The number of carbonyl (C=O) groups is 1. The Hall–Kier alpha value is -3.33. The van der Waals surface area contributed by atoms with Gasteiger partial charge in [-0.1, -0.05) is 12.1 Å². The van der Waals surface area contributed by atoms with Crippen molar-refractivity contribution in [3.8, 4) is 5.75 Å². The van der Waals surface area contributed by atoms with Gasteiger partial charge in [-0.15, -0.1) is 11.8 Å². The number of hydrogen-bond donors (Lipinski definition) is 2. The van der Waals surface area contributed by atoms with E-state index in [-0.39, 0.29) is 16.2 Å². The maximum Gasteiger partial charge on any atom is 0.416 e. The van der Waals surface area contributed by atoms with E-state index in [2.05, 4.69) is 10.2 Å². The Kier molecular flexibility index (Phi) is 11.8. The van der Waals surface area contributed by atoms with E-state index in [1.807, 2.05) is 19.0 Å². The molecule has 48 heavy (non-hydrogen) atoms. The Labute approximate surface area is 279 Å². The van der Waals surface area contributed by atoms with Crippen molar-refractivity contribution < 1.29 is 40.3 Å². The first-order chi connectivity index (χ1) is 22.5. The lowest BCUT2D eigenvalue weighted by Crippen LogP contribution is -2.55. The van der Waals surface area contributed by atoms with Crippen LogP contribution >= 0.6 is 11.8 Å². The van der Waals surface area contributed by atoms with E-state index < -0.39 is 52.0 Å². The molecule has 0 radical (unpaired) electrons. The number of likely N-dealkylation sites (tertiary alicyclic amines) is 2. The SMILES string of the molecule is CN1CCCC(N)(c2ccc(F)c(F)c2)C1.COc1cc(C(F)(F)F)cc(SC)c1C(=O)NC1(c2ccc(F)c(F)c2)CCCN(C)C1. The monoisotopic (exact) mass is 700 g/mol. The average Bonchev–Trinajstić information content (AvgIpc) is 3.02. The van der Waals surface area contributed by atoms with Gasteiger partial charge in [-0.3, -0.25) is 4.79 Å². The van der Waals surface area contributed by atoms with Crippen LogP contribution in [-0.2, 0) is 17.3 Å². The molecule has 3 aromatic rings. The summed E-state index contributed by atoms with van der Waals surface area (Å²) in [7, 11) is 5.02. The number of ether oxygens (including phenoxy) is 1. The maximum atomic E-state index is 14.0. The van der Waals surface area contributed by atoms with Gasteiger partial charge in [-0.2, -0.15) is 13.2 Å². The first-order valence-corrected chi connectivity index (χ1v) is 16.5. The third kappa shape index (κ3) is 8.44. The molecule has 3 aromatic carbocycles. The van der Waals surface area contributed by atoms with Crippen LogP contribution in [0.2, 0.25) is 0 Å². The molecule has 2 heterocycles. The highest BCUT2D eigenvalue weighted by atomic mass is 32.2. The summed E-state index contributed by atoms with van der Waals surface area (Å²) in [6.45, 7) is 2.75. The van der Waals surface area contributed by atoms with Crippen LogP contribution in [0.15, 0.2) is 53.4 Å². The fourth-order valence-electron chi connectivity index (χ4n) is 6.40. The molecule has 5 rings (SSSR count). The number of nitrogens with one attached hydrogen (secondary N) is 1. The molecule has 0 saturated carbocycles. The number of piperidine rings is 2. The summed E-state index contributed by atoms with van der Waals surface area (Å²) in [6.07, 6.45) is -0.133. The molecule has 14 heteroatoms. The zero-order chi connectivity index (χ0) is 35.4. The number of hydrogen-bond acceptors (Lipinski definition) is 6. The third-order valence-corrected chi connectivity index (χ3v) is 9.54. The van der Waals surface area contributed by atoms with E-state index in [0.29, 0.717) is 37.1 Å². The fourth-order valence-corrected chi connectivity index (χ4v) is 7.04. The zero-order valence-corrected chi connectivity index (χ0v) is 27.9. The Bertz CT molecular complexity index is 1600. The molecule has 1 amide bonds. The molecule has 2 saturated heterocycles. The number of benzene rings is 3. The van der Waals surface area contributed by atoms with Crippen LogP contribution in [0.5, 0.6) is 5.75 Å². The van der Waals surface area contributed by atoms with E-state index in [1.54, 1.807) is 12.3 Å². The van der Waals surface area contributed by atoms with Crippen molar-refractivity contribution in [3.63, 3.8) is 0 Å². The molecule has 0 aromatic heterocycles. The van der Waals surface area contributed by atoms with Gasteiger partial charge in [-0.05, 0) is 107 Å². The lowest BCUT2D eigenvalue weighted by molar-refractivity contribution is -0.137. The summed E-state index contributed by atoms with van der Waals surface area (Å²) in [5.41, 5.74) is 4.75. The molecule has 2 atom stereocenters. The van der Waals surface area contributed by atoms with Gasteiger partial charge in [0.25, 0.3) is 5.91 Å². The van der Waals surface area contributed by atoms with Crippen LogP contribution < -0.4 is 15.8 Å². The first kappa shape index (κ1) is 37.5. The van der Waals surface area contributed by atoms with E-state index in [9.17, 15) is 35.5 Å². The highest BCUT2D eigenvalue weighted by molar-refractivity contribution is 7.98. The maximum absolute atomic E-state index is 14.0. The van der Waals surface area contributed by atoms with Gasteiger partial charge in [0, 0.05) is 18.0 Å². The quantitative estimate of drug-likeness (QED) is 0.215. The summed E-state index contributed by atoms with van der Waals surface area (Å²) >= 11 is 0.984. The number of amides is 1. The largest absolute Gasteiger partial charge is 0.496 e. The van der Waals surface area contributed by atoms with Gasteiger partial charge in [0.05, 0.1) is 29.3 Å². The Balaban J connectivity index is 0.000000271. The van der Waals surface area contributed by atoms with Crippen LogP contribution in [0.25, 0.3) is 0 Å². The highest BCUT2D eigenvalue weighted by Crippen LogP contribution is 2.39. The number of nitrogens with two attached hydrogens (primary N) is 1. The number of likely N-dealkylation sites (N-methyl/N-ethyl adjacent to an activating group) is 2. The van der Waals surface area contributed by atoms with Crippen molar-refractivity contribution in [1.29, 1.82) is 0 Å². The molecule has 2 aliphatic heterocycles. The van der Waals surface area contributed by atoms with Gasteiger partial charge >= 0.3 is 6.18 Å². The van der Waals surface area contributed by atoms with E-state index in [1.165, 1.54) is 19.2 Å². The Morgan fingerprint density at radius 2 is 1.42 bits per heavy atom. The minimum atomic E-state index is -4.61. The molecular weight excluding hydrogens is 661 g/mol. The average molecular weight is 701 g/mol. The molecule has 2 unspecified atom stereocenters. The van der Waals surface area contributed by atoms with E-state index in [0.717, 1.165) is 68.0 Å². The first-order valence-electron chi connectivity index (χ1n) is 15.2.